The first-order valence-electron chi connectivity index (χ1n) is 9.77. The van der Waals surface area contributed by atoms with Gasteiger partial charge in [-0.15, -0.1) is 0 Å². The first kappa shape index (κ1) is 20.6. The Bertz CT molecular complexity index is 1160. The number of rotatable bonds is 8. The molecular weight excluding hydrogens is 416 g/mol. The zero-order valence-corrected chi connectivity index (χ0v) is 17.6. The summed E-state index contributed by atoms with van der Waals surface area (Å²) in [5, 5.41) is 18.2. The molecule has 4 rings (SSSR count). The van der Waals surface area contributed by atoms with Crippen LogP contribution in [0.15, 0.2) is 72.9 Å². The van der Waals surface area contributed by atoms with Crippen molar-refractivity contribution in [2.24, 2.45) is 0 Å². The number of phenols is 1. The topological polar surface area (TPSA) is 76.6 Å². The number of benzene rings is 3. The fraction of sp³-hybridized carbons (Fsp3) is 0.125. The third kappa shape index (κ3) is 4.92. The van der Waals surface area contributed by atoms with E-state index >= 15 is 0 Å². The third-order valence-corrected chi connectivity index (χ3v) is 4.78. The minimum absolute atomic E-state index is 0.0424. The number of ether oxygens (including phenoxy) is 3. The van der Waals surface area contributed by atoms with Crippen LogP contribution in [0.4, 0.5) is 0 Å². The molecule has 31 heavy (non-hydrogen) atoms. The molecule has 6 nitrogen and oxygen atoms in total. The van der Waals surface area contributed by atoms with Crippen LogP contribution in [0.25, 0.3) is 11.3 Å². The van der Waals surface area contributed by atoms with E-state index in [1.807, 2.05) is 55.5 Å². The van der Waals surface area contributed by atoms with Crippen LogP contribution in [0.2, 0.25) is 5.02 Å². The number of H-pyrrole nitrogens is 1. The Kier molecular flexibility index (Phi) is 6.29. The van der Waals surface area contributed by atoms with Gasteiger partial charge >= 0.3 is 0 Å². The smallest absolute Gasteiger partial charge is 0.173 e. The number of nitrogens with one attached hydrogen (secondary N) is 1. The highest BCUT2D eigenvalue weighted by atomic mass is 35.5. The zero-order valence-electron chi connectivity index (χ0n) is 16.8. The molecule has 0 unspecified atom stereocenters. The van der Waals surface area contributed by atoms with Gasteiger partial charge in [-0.1, -0.05) is 35.9 Å². The highest BCUT2D eigenvalue weighted by Gasteiger charge is 2.16. The molecule has 2 N–H and O–H groups in total. The molecule has 1 heterocycles. The summed E-state index contributed by atoms with van der Waals surface area (Å²) in [4.78, 5) is 0. The van der Waals surface area contributed by atoms with Crippen molar-refractivity contribution in [2.45, 2.75) is 13.5 Å². The van der Waals surface area contributed by atoms with Gasteiger partial charge in [0.1, 0.15) is 23.8 Å². The highest BCUT2D eigenvalue weighted by molar-refractivity contribution is 6.30. The van der Waals surface area contributed by atoms with E-state index in [0.717, 1.165) is 5.56 Å². The molecule has 7 heteroatoms. The summed E-state index contributed by atoms with van der Waals surface area (Å²) in [5.41, 5.74) is 2.07. The van der Waals surface area contributed by atoms with Crippen molar-refractivity contribution in [1.29, 1.82) is 0 Å². The lowest BCUT2D eigenvalue weighted by Crippen LogP contribution is -1.96. The molecule has 0 aliphatic carbocycles. The first-order valence-corrected chi connectivity index (χ1v) is 10.2. The van der Waals surface area contributed by atoms with E-state index in [9.17, 15) is 5.11 Å². The molecule has 0 saturated carbocycles. The average molecular weight is 437 g/mol. The number of aromatic hydroxyl groups is 1. The van der Waals surface area contributed by atoms with E-state index in [4.69, 9.17) is 25.8 Å². The summed E-state index contributed by atoms with van der Waals surface area (Å²) in [6.45, 7) is 2.80. The van der Waals surface area contributed by atoms with Crippen LogP contribution in [-0.2, 0) is 6.61 Å². The van der Waals surface area contributed by atoms with Crippen LogP contribution in [0.5, 0.6) is 28.7 Å². The molecule has 0 radical (unpaired) electrons. The fourth-order valence-electron chi connectivity index (χ4n) is 3.03. The molecule has 0 aliphatic heterocycles. The maximum atomic E-state index is 10.6. The number of hydrogen-bond acceptors (Lipinski definition) is 5. The van der Waals surface area contributed by atoms with Crippen molar-refractivity contribution >= 4 is 11.6 Å². The number of phenolic OH excluding ortho intramolecular Hbond substituents is 1. The number of aromatic nitrogens is 2. The van der Waals surface area contributed by atoms with Gasteiger partial charge in [0.05, 0.1) is 12.8 Å². The summed E-state index contributed by atoms with van der Waals surface area (Å²) in [6.07, 6.45) is 1.56. The Hall–Kier alpha value is -3.64. The van der Waals surface area contributed by atoms with E-state index < -0.39 is 0 Å². The summed E-state index contributed by atoms with van der Waals surface area (Å²) in [7, 11) is 0. The molecular formula is C24H21ClN2O4. The molecule has 1 aromatic heterocycles. The Labute approximate surface area is 185 Å². The second-order valence-electron chi connectivity index (χ2n) is 6.69. The quantitative estimate of drug-likeness (QED) is 0.343. The van der Waals surface area contributed by atoms with Crippen molar-refractivity contribution in [1.82, 2.24) is 10.2 Å². The van der Waals surface area contributed by atoms with Gasteiger partial charge in [-0.25, -0.2) is 0 Å². The average Bonchev–Trinajstić information content (AvgIpc) is 3.23. The van der Waals surface area contributed by atoms with Gasteiger partial charge in [0.2, 0.25) is 0 Å². The molecule has 0 bridgehead atoms. The molecule has 0 spiro atoms. The molecule has 0 atom stereocenters. The van der Waals surface area contributed by atoms with Gasteiger partial charge < -0.3 is 19.3 Å². The molecule has 0 fully saturated rings. The Balaban J connectivity index is 1.52. The second kappa shape index (κ2) is 9.45. The van der Waals surface area contributed by atoms with E-state index in [-0.39, 0.29) is 5.75 Å². The predicted octanol–water partition coefficient (Wildman–Crippen LogP) is 6.21. The maximum Gasteiger partial charge on any atom is 0.173 e. The van der Waals surface area contributed by atoms with E-state index in [1.54, 1.807) is 24.4 Å². The van der Waals surface area contributed by atoms with Crippen molar-refractivity contribution in [2.75, 3.05) is 6.61 Å². The normalized spacial score (nSPS) is 10.6. The fourth-order valence-corrected chi connectivity index (χ4v) is 3.16. The molecule has 3 aromatic carbocycles. The third-order valence-electron chi connectivity index (χ3n) is 4.53. The minimum Gasteiger partial charge on any atom is -0.507 e. The van der Waals surface area contributed by atoms with Crippen LogP contribution in [0, 0.1) is 0 Å². The lowest BCUT2D eigenvalue weighted by molar-refractivity contribution is 0.304. The van der Waals surface area contributed by atoms with Gasteiger partial charge in [0, 0.05) is 16.7 Å². The number of nitrogens with zero attached hydrogens (tertiary/aromatic N) is 1. The molecule has 0 aliphatic rings. The summed E-state index contributed by atoms with van der Waals surface area (Å²) in [6, 6.07) is 19.9. The first-order chi connectivity index (χ1) is 15.1. The molecule has 0 amide bonds. The van der Waals surface area contributed by atoms with E-state index in [2.05, 4.69) is 10.2 Å². The largest absolute Gasteiger partial charge is 0.507 e. The lowest BCUT2D eigenvalue weighted by Gasteiger charge is -2.12. The van der Waals surface area contributed by atoms with Crippen molar-refractivity contribution in [3.63, 3.8) is 0 Å². The van der Waals surface area contributed by atoms with Gasteiger partial charge in [0.25, 0.3) is 0 Å². The van der Waals surface area contributed by atoms with Crippen LogP contribution >= 0.6 is 11.6 Å². The van der Waals surface area contributed by atoms with Crippen LogP contribution < -0.4 is 14.2 Å². The number of aromatic amines is 1. The molecule has 4 aromatic rings. The van der Waals surface area contributed by atoms with Crippen molar-refractivity contribution in [3.05, 3.63) is 83.5 Å². The second-order valence-corrected chi connectivity index (χ2v) is 7.12. The Morgan fingerprint density at radius 1 is 0.935 bits per heavy atom. The predicted molar refractivity (Wildman–Crippen MR) is 119 cm³/mol. The Morgan fingerprint density at radius 2 is 1.71 bits per heavy atom. The Morgan fingerprint density at radius 3 is 2.45 bits per heavy atom. The van der Waals surface area contributed by atoms with Gasteiger partial charge in [-0.3, -0.25) is 5.10 Å². The van der Waals surface area contributed by atoms with Crippen molar-refractivity contribution < 1.29 is 19.3 Å². The van der Waals surface area contributed by atoms with Gasteiger partial charge in [-0.2, -0.15) is 5.10 Å². The van der Waals surface area contributed by atoms with E-state index in [0.29, 0.717) is 52.5 Å². The summed E-state index contributed by atoms with van der Waals surface area (Å²) < 4.78 is 17.4. The monoisotopic (exact) mass is 436 g/mol. The minimum atomic E-state index is 0.0424. The lowest BCUT2D eigenvalue weighted by atomic mass is 10.1. The van der Waals surface area contributed by atoms with E-state index in [1.165, 1.54) is 0 Å². The van der Waals surface area contributed by atoms with Gasteiger partial charge in [-0.05, 0) is 48.9 Å². The number of para-hydroxylation sites is 2. The number of halogens is 1. The van der Waals surface area contributed by atoms with Crippen LogP contribution in [0.1, 0.15) is 12.5 Å². The van der Waals surface area contributed by atoms with Crippen molar-refractivity contribution in [3.8, 4) is 40.0 Å². The highest BCUT2D eigenvalue weighted by Crippen LogP contribution is 2.40. The summed E-state index contributed by atoms with van der Waals surface area (Å²) in [5.74, 6) is 2.25. The maximum absolute atomic E-state index is 10.6. The standard InChI is InChI=1S/C24H21ClN2O4/c1-2-29-21-5-3-4-6-22(21)31-23-14-26-27-24(23)19-12-11-18(13-20(19)28)30-15-16-7-9-17(25)10-8-16/h3-14,28H,2,15H2,1H3,(H,26,27). The molecule has 158 valence electrons. The van der Waals surface area contributed by atoms with Gasteiger partial charge in [0.15, 0.2) is 17.2 Å². The number of hydrogen-bond donors (Lipinski definition) is 2. The summed E-state index contributed by atoms with van der Waals surface area (Å²) >= 11 is 5.90. The zero-order chi connectivity index (χ0) is 21.6. The molecule has 0 saturated heterocycles. The van der Waals surface area contributed by atoms with Crippen LogP contribution in [0.3, 0.4) is 0 Å². The SMILES string of the molecule is CCOc1ccccc1Oc1cn[nH]c1-c1ccc(OCc2ccc(Cl)cc2)cc1O. The van der Waals surface area contributed by atoms with Crippen LogP contribution in [-0.4, -0.2) is 21.9 Å².